The second-order valence-electron chi connectivity index (χ2n) is 2.43. The van der Waals surface area contributed by atoms with Crippen LogP contribution in [0.3, 0.4) is 0 Å². The van der Waals surface area contributed by atoms with E-state index in [1.807, 2.05) is 20.9 Å². The van der Waals surface area contributed by atoms with Crippen LogP contribution in [-0.2, 0) is 4.74 Å². The van der Waals surface area contributed by atoms with Crippen LogP contribution >= 0.6 is 0 Å². The van der Waals surface area contributed by atoms with Crippen LogP contribution in [0.15, 0.2) is 36.8 Å². The predicted octanol–water partition coefficient (Wildman–Crippen LogP) is 2.56. The van der Waals surface area contributed by atoms with E-state index >= 15 is 0 Å². The van der Waals surface area contributed by atoms with Gasteiger partial charge in [-0.25, -0.2) is 0 Å². The van der Waals surface area contributed by atoms with E-state index in [1.165, 1.54) is 0 Å². The molecule has 0 spiro atoms. The summed E-state index contributed by atoms with van der Waals surface area (Å²) in [5, 5.41) is 0. The lowest BCUT2D eigenvalue weighted by Crippen LogP contribution is -2.27. The molecule has 0 atom stereocenters. The molecule has 1 aliphatic heterocycles. The first kappa shape index (κ1) is 11.8. The van der Waals surface area contributed by atoms with E-state index in [-0.39, 0.29) is 0 Å². The molecule has 0 aliphatic carbocycles. The van der Waals surface area contributed by atoms with E-state index in [0.717, 1.165) is 24.6 Å². The van der Waals surface area contributed by atoms with Crippen LogP contribution < -0.4 is 0 Å². The maximum atomic E-state index is 5.35. The Morgan fingerprint density at radius 1 is 1.31 bits per heavy atom. The van der Waals surface area contributed by atoms with Gasteiger partial charge in [-0.2, -0.15) is 0 Å². The topological polar surface area (TPSA) is 12.5 Å². The summed E-state index contributed by atoms with van der Waals surface area (Å²) in [5.74, 6) is 0.828. The zero-order valence-corrected chi connectivity index (χ0v) is 8.84. The first-order valence-electron chi connectivity index (χ1n) is 4.62. The number of allylic oxidation sites excluding steroid dienone is 2. The van der Waals surface area contributed by atoms with Crippen molar-refractivity contribution in [2.24, 2.45) is 0 Å². The molecule has 1 aliphatic rings. The van der Waals surface area contributed by atoms with Gasteiger partial charge in [-0.15, -0.1) is 0 Å². The molecule has 0 amide bonds. The van der Waals surface area contributed by atoms with Crippen molar-refractivity contribution in [2.75, 3.05) is 20.2 Å². The number of likely N-dealkylation sites (N-methyl/N-ethyl adjacent to an activating group) is 1. The fourth-order valence-corrected chi connectivity index (χ4v) is 1.09. The van der Waals surface area contributed by atoms with E-state index in [2.05, 4.69) is 18.1 Å². The van der Waals surface area contributed by atoms with Crippen molar-refractivity contribution in [3.05, 3.63) is 36.8 Å². The van der Waals surface area contributed by atoms with Crippen molar-refractivity contribution in [2.45, 2.75) is 13.8 Å². The third kappa shape index (κ3) is 2.98. The van der Waals surface area contributed by atoms with Gasteiger partial charge in [0.25, 0.3) is 0 Å². The van der Waals surface area contributed by atoms with Crippen molar-refractivity contribution in [3.63, 3.8) is 0 Å². The third-order valence-corrected chi connectivity index (χ3v) is 1.73. The van der Waals surface area contributed by atoms with Crippen LogP contribution in [0.25, 0.3) is 0 Å². The van der Waals surface area contributed by atoms with Crippen LogP contribution in [-0.4, -0.2) is 25.1 Å². The number of hydrogen-bond donors (Lipinski definition) is 0. The molecule has 0 saturated heterocycles. The smallest absolute Gasteiger partial charge is 0.142 e. The molecule has 1 heterocycles. The lowest BCUT2D eigenvalue weighted by Gasteiger charge is -2.27. The molecule has 0 aromatic carbocycles. The van der Waals surface area contributed by atoms with Crippen molar-refractivity contribution in [1.29, 1.82) is 0 Å². The molecule has 13 heavy (non-hydrogen) atoms. The summed E-state index contributed by atoms with van der Waals surface area (Å²) in [6.07, 6.45) is 3.50. The van der Waals surface area contributed by atoms with Gasteiger partial charge in [-0.05, 0) is 12.2 Å². The highest BCUT2D eigenvalue weighted by Crippen LogP contribution is 2.16. The molecule has 0 saturated carbocycles. The van der Waals surface area contributed by atoms with Crippen molar-refractivity contribution in [1.82, 2.24) is 4.90 Å². The SMILES string of the molecule is C=CC1=C(C=C)N(C)CCO1.CC. The number of ether oxygens (including phenoxy) is 1. The summed E-state index contributed by atoms with van der Waals surface area (Å²) in [6, 6.07) is 0. The summed E-state index contributed by atoms with van der Waals surface area (Å²) in [4.78, 5) is 2.10. The minimum absolute atomic E-state index is 0.731. The van der Waals surface area contributed by atoms with Gasteiger partial charge in [0.2, 0.25) is 0 Å². The molecular formula is C11H19NO. The van der Waals surface area contributed by atoms with Crippen LogP contribution in [0, 0.1) is 0 Å². The molecule has 0 aromatic rings. The number of hydrogen-bond acceptors (Lipinski definition) is 2. The Bertz CT molecular complexity index is 206. The Kier molecular flexibility index (Phi) is 5.77. The normalized spacial score (nSPS) is 15.5. The van der Waals surface area contributed by atoms with Crippen LogP contribution in [0.2, 0.25) is 0 Å². The zero-order valence-electron chi connectivity index (χ0n) is 8.84. The molecule has 2 nitrogen and oxygen atoms in total. The van der Waals surface area contributed by atoms with E-state index in [0.29, 0.717) is 0 Å². The predicted molar refractivity (Wildman–Crippen MR) is 57.4 cm³/mol. The molecule has 0 unspecified atom stereocenters. The maximum absolute atomic E-state index is 5.35. The van der Waals surface area contributed by atoms with Crippen molar-refractivity contribution >= 4 is 0 Å². The van der Waals surface area contributed by atoms with E-state index in [4.69, 9.17) is 4.74 Å². The molecule has 1 rings (SSSR count). The number of rotatable bonds is 2. The fraction of sp³-hybridized carbons (Fsp3) is 0.455. The van der Waals surface area contributed by atoms with Gasteiger partial charge in [0.05, 0.1) is 12.2 Å². The maximum Gasteiger partial charge on any atom is 0.142 e. The summed E-state index contributed by atoms with van der Waals surface area (Å²) in [7, 11) is 2.02. The van der Waals surface area contributed by atoms with Gasteiger partial charge in [0, 0.05) is 7.05 Å². The van der Waals surface area contributed by atoms with Gasteiger partial charge in [-0.3, -0.25) is 0 Å². The van der Waals surface area contributed by atoms with E-state index < -0.39 is 0 Å². The quantitative estimate of drug-likeness (QED) is 0.649. The molecule has 0 N–H and O–H groups in total. The minimum atomic E-state index is 0.731. The van der Waals surface area contributed by atoms with Gasteiger partial charge in [-0.1, -0.05) is 27.0 Å². The molecule has 0 fully saturated rings. The molecule has 74 valence electrons. The first-order chi connectivity index (χ1) is 6.29. The average molecular weight is 181 g/mol. The van der Waals surface area contributed by atoms with Crippen LogP contribution in [0.4, 0.5) is 0 Å². The summed E-state index contributed by atoms with van der Waals surface area (Å²) < 4.78 is 5.35. The zero-order chi connectivity index (χ0) is 10.3. The molecule has 0 radical (unpaired) electrons. The molecule has 0 bridgehead atoms. The standard InChI is InChI=1S/C9H13NO.C2H6/c1-4-8-9(5-2)11-7-6-10(8)3;1-2/h4-5H,1-2,6-7H2,3H3;1-2H3. The van der Waals surface area contributed by atoms with Gasteiger partial charge < -0.3 is 9.64 Å². The number of nitrogens with zero attached hydrogens (tertiary/aromatic N) is 1. The van der Waals surface area contributed by atoms with E-state index in [1.54, 1.807) is 12.2 Å². The Hall–Kier alpha value is -1.18. The highest BCUT2D eigenvalue weighted by Gasteiger charge is 2.12. The fourth-order valence-electron chi connectivity index (χ4n) is 1.09. The van der Waals surface area contributed by atoms with Crippen LogP contribution in [0.1, 0.15) is 13.8 Å². The minimum Gasteiger partial charge on any atom is -0.490 e. The lowest BCUT2D eigenvalue weighted by molar-refractivity contribution is 0.157. The second kappa shape index (κ2) is 6.35. The van der Waals surface area contributed by atoms with Crippen molar-refractivity contribution in [3.8, 4) is 0 Å². The van der Waals surface area contributed by atoms with Gasteiger partial charge in [0.15, 0.2) is 0 Å². The lowest BCUT2D eigenvalue weighted by atomic mass is 10.3. The summed E-state index contributed by atoms with van der Waals surface area (Å²) in [6.45, 7) is 13.0. The Morgan fingerprint density at radius 2 is 1.92 bits per heavy atom. The third-order valence-electron chi connectivity index (χ3n) is 1.73. The van der Waals surface area contributed by atoms with Crippen molar-refractivity contribution < 1.29 is 4.74 Å². The van der Waals surface area contributed by atoms with Gasteiger partial charge in [0.1, 0.15) is 12.4 Å². The molecular weight excluding hydrogens is 162 g/mol. The first-order valence-corrected chi connectivity index (χ1v) is 4.62. The highest BCUT2D eigenvalue weighted by atomic mass is 16.5. The largest absolute Gasteiger partial charge is 0.490 e. The van der Waals surface area contributed by atoms with E-state index in [9.17, 15) is 0 Å². The summed E-state index contributed by atoms with van der Waals surface area (Å²) in [5.41, 5.74) is 1.02. The average Bonchev–Trinajstić information content (AvgIpc) is 2.20. The Balaban J connectivity index is 0.000000671. The second-order valence-corrected chi connectivity index (χ2v) is 2.43. The molecule has 0 aromatic heterocycles. The monoisotopic (exact) mass is 181 g/mol. The van der Waals surface area contributed by atoms with Gasteiger partial charge >= 0.3 is 0 Å². The Morgan fingerprint density at radius 3 is 2.31 bits per heavy atom. The molecule has 2 heteroatoms. The Labute approximate surface area is 81.2 Å². The summed E-state index contributed by atoms with van der Waals surface area (Å²) >= 11 is 0. The highest BCUT2D eigenvalue weighted by molar-refractivity contribution is 5.26. The van der Waals surface area contributed by atoms with Crippen LogP contribution in [0.5, 0.6) is 0 Å².